The summed E-state index contributed by atoms with van der Waals surface area (Å²) < 4.78 is 11.4. The van der Waals surface area contributed by atoms with Gasteiger partial charge in [-0.3, -0.25) is 15.0 Å². The van der Waals surface area contributed by atoms with Gasteiger partial charge in [-0.2, -0.15) is 0 Å². The van der Waals surface area contributed by atoms with Crippen molar-refractivity contribution in [2.24, 2.45) is 0 Å². The van der Waals surface area contributed by atoms with Crippen molar-refractivity contribution in [1.82, 2.24) is 4.90 Å². The van der Waals surface area contributed by atoms with Gasteiger partial charge in [-0.05, 0) is 56.6 Å². The van der Waals surface area contributed by atoms with Gasteiger partial charge in [0.15, 0.2) is 0 Å². The Balaban J connectivity index is 1.55. The van der Waals surface area contributed by atoms with Crippen molar-refractivity contribution in [2.75, 3.05) is 19.7 Å². The van der Waals surface area contributed by atoms with Crippen LogP contribution >= 0.6 is 0 Å². The Hall–Kier alpha value is -2.60. The summed E-state index contributed by atoms with van der Waals surface area (Å²) in [5.41, 5.74) is -0.0532. The maximum absolute atomic E-state index is 11.0. The molecule has 0 spiro atoms. The topological polar surface area (TPSA) is 64.8 Å². The van der Waals surface area contributed by atoms with E-state index in [1.54, 1.807) is 30.3 Å². The van der Waals surface area contributed by atoms with Gasteiger partial charge in [0, 0.05) is 18.7 Å². The summed E-state index contributed by atoms with van der Waals surface area (Å²) in [4.78, 5) is 13.0. The molecule has 132 valence electrons. The first-order valence-corrected chi connectivity index (χ1v) is 8.51. The molecule has 1 fully saturated rings. The fraction of sp³-hybridized carbons (Fsp3) is 0.368. The monoisotopic (exact) mass is 342 g/mol. The van der Waals surface area contributed by atoms with E-state index in [0.717, 1.165) is 18.8 Å². The standard InChI is InChI=1S/C19H22N2O4/c1-15-5-4-12-20(15)13-14-24-16-8-10-17(11-9-16)25-19-7-3-2-6-18(19)21(22)23/h2-3,6-11,15H,4-5,12-14H2,1H3. The van der Waals surface area contributed by atoms with Crippen molar-refractivity contribution in [2.45, 2.75) is 25.8 Å². The lowest BCUT2D eigenvalue weighted by molar-refractivity contribution is -0.385. The van der Waals surface area contributed by atoms with Crippen LogP contribution in [-0.2, 0) is 0 Å². The van der Waals surface area contributed by atoms with E-state index in [1.165, 1.54) is 18.9 Å². The molecule has 1 unspecified atom stereocenters. The smallest absolute Gasteiger partial charge is 0.311 e. The summed E-state index contributed by atoms with van der Waals surface area (Å²) in [5.74, 6) is 1.53. The summed E-state index contributed by atoms with van der Waals surface area (Å²) in [6, 6.07) is 14.1. The first-order valence-electron chi connectivity index (χ1n) is 8.51. The molecule has 0 N–H and O–H groups in total. The Bertz CT molecular complexity index is 718. The molecular weight excluding hydrogens is 320 g/mol. The van der Waals surface area contributed by atoms with Crippen LogP contribution in [-0.4, -0.2) is 35.6 Å². The van der Waals surface area contributed by atoms with Gasteiger partial charge in [-0.1, -0.05) is 12.1 Å². The van der Waals surface area contributed by atoms with Crippen LogP contribution in [0, 0.1) is 10.1 Å². The van der Waals surface area contributed by atoms with E-state index in [-0.39, 0.29) is 11.4 Å². The largest absolute Gasteiger partial charge is 0.492 e. The summed E-state index contributed by atoms with van der Waals surface area (Å²) >= 11 is 0. The van der Waals surface area contributed by atoms with Gasteiger partial charge in [0.05, 0.1) is 4.92 Å². The van der Waals surface area contributed by atoms with Crippen molar-refractivity contribution in [3.05, 3.63) is 58.6 Å². The fourth-order valence-electron chi connectivity index (χ4n) is 3.03. The molecule has 6 heteroatoms. The van der Waals surface area contributed by atoms with Crippen molar-refractivity contribution in [3.63, 3.8) is 0 Å². The zero-order valence-corrected chi connectivity index (χ0v) is 14.3. The van der Waals surface area contributed by atoms with Crippen LogP contribution in [0.15, 0.2) is 48.5 Å². The van der Waals surface area contributed by atoms with E-state index < -0.39 is 4.92 Å². The van der Waals surface area contributed by atoms with E-state index in [2.05, 4.69) is 11.8 Å². The molecule has 0 aliphatic carbocycles. The highest BCUT2D eigenvalue weighted by Gasteiger charge is 2.19. The highest BCUT2D eigenvalue weighted by atomic mass is 16.6. The van der Waals surface area contributed by atoms with Crippen LogP contribution in [0.4, 0.5) is 5.69 Å². The van der Waals surface area contributed by atoms with Crippen LogP contribution in [0.25, 0.3) is 0 Å². The van der Waals surface area contributed by atoms with Crippen molar-refractivity contribution >= 4 is 5.69 Å². The minimum atomic E-state index is -0.452. The van der Waals surface area contributed by atoms with Crippen LogP contribution in [0.3, 0.4) is 0 Å². The molecule has 1 aliphatic rings. The number of nitrogens with zero attached hydrogens (tertiary/aromatic N) is 2. The maximum atomic E-state index is 11.0. The average molecular weight is 342 g/mol. The van der Waals surface area contributed by atoms with Gasteiger partial charge in [-0.25, -0.2) is 0 Å². The minimum absolute atomic E-state index is 0.0532. The number of benzene rings is 2. The molecule has 2 aromatic rings. The number of hydrogen-bond donors (Lipinski definition) is 0. The van der Waals surface area contributed by atoms with Crippen LogP contribution < -0.4 is 9.47 Å². The molecule has 1 saturated heterocycles. The van der Waals surface area contributed by atoms with Gasteiger partial charge in [0.1, 0.15) is 18.1 Å². The second kappa shape index (κ2) is 7.98. The molecule has 1 aliphatic heterocycles. The normalized spacial score (nSPS) is 17.4. The van der Waals surface area contributed by atoms with Crippen molar-refractivity contribution in [3.8, 4) is 17.2 Å². The Morgan fingerprint density at radius 1 is 1.16 bits per heavy atom. The Morgan fingerprint density at radius 2 is 1.88 bits per heavy atom. The SMILES string of the molecule is CC1CCCN1CCOc1ccc(Oc2ccccc2[N+](=O)[O-])cc1. The highest BCUT2D eigenvalue weighted by Crippen LogP contribution is 2.31. The van der Waals surface area contributed by atoms with Gasteiger partial charge < -0.3 is 9.47 Å². The summed E-state index contributed by atoms with van der Waals surface area (Å²) in [6.45, 7) is 4.97. The Morgan fingerprint density at radius 3 is 2.56 bits per heavy atom. The van der Waals surface area contributed by atoms with Gasteiger partial charge in [-0.15, -0.1) is 0 Å². The third-order valence-electron chi connectivity index (χ3n) is 4.45. The molecular formula is C19H22N2O4. The lowest BCUT2D eigenvalue weighted by Gasteiger charge is -2.20. The number of hydrogen-bond acceptors (Lipinski definition) is 5. The molecule has 0 bridgehead atoms. The van der Waals surface area contributed by atoms with Gasteiger partial charge >= 0.3 is 5.69 Å². The zero-order chi connectivity index (χ0) is 17.6. The summed E-state index contributed by atoms with van der Waals surface area (Å²) in [5, 5.41) is 11.0. The lowest BCUT2D eigenvalue weighted by atomic mass is 10.2. The molecule has 0 aromatic heterocycles. The molecule has 1 atom stereocenters. The van der Waals surface area contributed by atoms with E-state index in [1.807, 2.05) is 12.1 Å². The molecule has 3 rings (SSSR count). The van der Waals surface area contributed by atoms with Crippen molar-refractivity contribution in [1.29, 1.82) is 0 Å². The van der Waals surface area contributed by atoms with Crippen LogP contribution in [0.5, 0.6) is 17.2 Å². The summed E-state index contributed by atoms with van der Waals surface area (Å²) in [6.07, 6.45) is 2.52. The molecule has 0 radical (unpaired) electrons. The van der Waals surface area contributed by atoms with Crippen LogP contribution in [0.2, 0.25) is 0 Å². The zero-order valence-electron chi connectivity index (χ0n) is 14.3. The maximum Gasteiger partial charge on any atom is 0.311 e. The molecule has 25 heavy (non-hydrogen) atoms. The Labute approximate surface area is 147 Å². The van der Waals surface area contributed by atoms with Gasteiger partial charge in [0.2, 0.25) is 5.75 Å². The van der Waals surface area contributed by atoms with Crippen molar-refractivity contribution < 1.29 is 14.4 Å². The molecule has 0 saturated carbocycles. The fourth-order valence-corrected chi connectivity index (χ4v) is 3.03. The second-order valence-electron chi connectivity index (χ2n) is 6.17. The van der Waals surface area contributed by atoms with Gasteiger partial charge in [0.25, 0.3) is 0 Å². The van der Waals surface area contributed by atoms with E-state index in [0.29, 0.717) is 18.4 Å². The predicted molar refractivity (Wildman–Crippen MR) is 95.4 cm³/mol. The average Bonchev–Trinajstić information content (AvgIpc) is 3.02. The molecule has 1 heterocycles. The lowest BCUT2D eigenvalue weighted by Crippen LogP contribution is -2.31. The molecule has 0 amide bonds. The molecule has 6 nitrogen and oxygen atoms in total. The summed E-state index contributed by atoms with van der Waals surface area (Å²) in [7, 11) is 0. The van der Waals surface area contributed by atoms with E-state index in [9.17, 15) is 10.1 Å². The number of likely N-dealkylation sites (tertiary alicyclic amines) is 1. The van der Waals surface area contributed by atoms with E-state index >= 15 is 0 Å². The number of nitro groups is 1. The second-order valence-corrected chi connectivity index (χ2v) is 6.17. The Kier molecular flexibility index (Phi) is 5.50. The third kappa shape index (κ3) is 4.48. The number of nitro benzene ring substituents is 1. The number of rotatable bonds is 7. The predicted octanol–water partition coefficient (Wildman–Crippen LogP) is 4.25. The molecule has 2 aromatic carbocycles. The quantitative estimate of drug-likeness (QED) is 0.556. The minimum Gasteiger partial charge on any atom is -0.492 e. The first kappa shape index (κ1) is 17.2. The first-order chi connectivity index (χ1) is 12.1. The van der Waals surface area contributed by atoms with E-state index in [4.69, 9.17) is 9.47 Å². The third-order valence-corrected chi connectivity index (χ3v) is 4.45. The number of para-hydroxylation sites is 2. The number of ether oxygens (including phenoxy) is 2. The highest BCUT2D eigenvalue weighted by molar-refractivity contribution is 5.48. The van der Waals surface area contributed by atoms with Crippen LogP contribution in [0.1, 0.15) is 19.8 Å².